The molecule has 0 bridgehead atoms. The highest BCUT2D eigenvalue weighted by atomic mass is 16.2. The molecule has 0 aliphatic carbocycles. The van der Waals surface area contributed by atoms with Crippen LogP contribution in [0.5, 0.6) is 0 Å². The van der Waals surface area contributed by atoms with Gasteiger partial charge in [0.15, 0.2) is 0 Å². The molecule has 1 heterocycles. The average Bonchev–Trinajstić information content (AvgIpc) is 2.65. The van der Waals surface area contributed by atoms with Gasteiger partial charge in [0.25, 0.3) is 0 Å². The van der Waals surface area contributed by atoms with Crippen molar-refractivity contribution in [1.82, 2.24) is 4.90 Å². The van der Waals surface area contributed by atoms with Crippen molar-refractivity contribution in [1.29, 1.82) is 0 Å². The van der Waals surface area contributed by atoms with E-state index < -0.39 is 0 Å². The average molecular weight is 337 g/mol. The molecule has 2 aromatic carbocycles. The SMILES string of the molecule is CCc1ccc(NC(=O)N2CCN(c3ccc(C)c(C)c3)CC2)cc1. The summed E-state index contributed by atoms with van der Waals surface area (Å²) in [5.41, 5.74) is 6.01. The number of anilines is 2. The smallest absolute Gasteiger partial charge is 0.321 e. The van der Waals surface area contributed by atoms with Gasteiger partial charge in [0.1, 0.15) is 0 Å². The highest BCUT2D eigenvalue weighted by Crippen LogP contribution is 2.20. The van der Waals surface area contributed by atoms with Gasteiger partial charge < -0.3 is 15.1 Å². The lowest BCUT2D eigenvalue weighted by molar-refractivity contribution is 0.208. The molecule has 0 aromatic heterocycles. The molecular formula is C21H27N3O. The molecular weight excluding hydrogens is 310 g/mol. The van der Waals surface area contributed by atoms with Crippen LogP contribution in [0.2, 0.25) is 0 Å². The first kappa shape index (κ1) is 17.3. The van der Waals surface area contributed by atoms with Crippen LogP contribution in [0, 0.1) is 13.8 Å². The maximum atomic E-state index is 12.5. The lowest BCUT2D eigenvalue weighted by Gasteiger charge is -2.36. The van der Waals surface area contributed by atoms with Gasteiger partial charge >= 0.3 is 6.03 Å². The minimum atomic E-state index is -0.0102. The molecule has 1 fully saturated rings. The van der Waals surface area contributed by atoms with Crippen molar-refractivity contribution in [2.24, 2.45) is 0 Å². The van der Waals surface area contributed by atoms with Crippen molar-refractivity contribution >= 4 is 17.4 Å². The number of nitrogens with zero attached hydrogens (tertiary/aromatic N) is 2. The van der Waals surface area contributed by atoms with Crippen LogP contribution in [-0.4, -0.2) is 37.1 Å². The van der Waals surface area contributed by atoms with Gasteiger partial charge in [0.2, 0.25) is 0 Å². The summed E-state index contributed by atoms with van der Waals surface area (Å²) in [4.78, 5) is 16.7. The minimum absolute atomic E-state index is 0.0102. The van der Waals surface area contributed by atoms with Gasteiger partial charge in [-0.25, -0.2) is 4.79 Å². The topological polar surface area (TPSA) is 35.6 Å². The Labute approximate surface area is 150 Å². The monoisotopic (exact) mass is 337 g/mol. The quantitative estimate of drug-likeness (QED) is 0.910. The number of rotatable bonds is 3. The predicted molar refractivity (Wildman–Crippen MR) is 105 cm³/mol. The second-order valence-electron chi connectivity index (χ2n) is 6.72. The van der Waals surface area contributed by atoms with Crippen molar-refractivity contribution in [3.8, 4) is 0 Å². The molecule has 2 amide bonds. The Kier molecular flexibility index (Phi) is 5.27. The molecule has 1 N–H and O–H groups in total. The molecule has 132 valence electrons. The van der Waals surface area contributed by atoms with E-state index in [0.717, 1.165) is 38.3 Å². The maximum absolute atomic E-state index is 12.5. The summed E-state index contributed by atoms with van der Waals surface area (Å²) in [5.74, 6) is 0. The summed E-state index contributed by atoms with van der Waals surface area (Å²) in [6, 6.07) is 14.6. The molecule has 4 nitrogen and oxygen atoms in total. The Hall–Kier alpha value is -2.49. The zero-order chi connectivity index (χ0) is 17.8. The van der Waals surface area contributed by atoms with Crippen molar-refractivity contribution in [3.05, 3.63) is 59.2 Å². The lowest BCUT2D eigenvalue weighted by atomic mass is 10.1. The van der Waals surface area contributed by atoms with Crippen LogP contribution in [0.25, 0.3) is 0 Å². The van der Waals surface area contributed by atoms with E-state index in [2.05, 4.69) is 61.3 Å². The molecule has 0 unspecified atom stereocenters. The fourth-order valence-corrected chi connectivity index (χ4v) is 3.12. The van der Waals surface area contributed by atoms with Crippen LogP contribution in [0.1, 0.15) is 23.6 Å². The van der Waals surface area contributed by atoms with E-state index in [9.17, 15) is 4.79 Å². The first-order valence-corrected chi connectivity index (χ1v) is 9.04. The Morgan fingerprint density at radius 2 is 1.64 bits per heavy atom. The van der Waals surface area contributed by atoms with Crippen molar-refractivity contribution in [2.45, 2.75) is 27.2 Å². The molecule has 4 heteroatoms. The van der Waals surface area contributed by atoms with E-state index in [1.165, 1.54) is 22.4 Å². The second kappa shape index (κ2) is 7.60. The molecule has 0 saturated carbocycles. The minimum Gasteiger partial charge on any atom is -0.368 e. The van der Waals surface area contributed by atoms with E-state index in [1.807, 2.05) is 17.0 Å². The third-order valence-corrected chi connectivity index (χ3v) is 5.04. The number of piperazine rings is 1. The van der Waals surface area contributed by atoms with Gasteiger partial charge in [-0.1, -0.05) is 25.1 Å². The standard InChI is InChI=1S/C21H27N3O/c1-4-18-6-8-19(9-7-18)22-21(25)24-13-11-23(12-14-24)20-10-5-16(2)17(3)15-20/h5-10,15H,4,11-14H2,1-3H3,(H,22,25). The number of hydrogen-bond donors (Lipinski definition) is 1. The Morgan fingerprint density at radius 3 is 2.24 bits per heavy atom. The Morgan fingerprint density at radius 1 is 0.960 bits per heavy atom. The molecule has 0 spiro atoms. The molecule has 0 atom stereocenters. The normalized spacial score (nSPS) is 14.5. The summed E-state index contributed by atoms with van der Waals surface area (Å²) in [7, 11) is 0. The summed E-state index contributed by atoms with van der Waals surface area (Å²) >= 11 is 0. The second-order valence-corrected chi connectivity index (χ2v) is 6.72. The number of nitrogens with one attached hydrogen (secondary N) is 1. The third kappa shape index (κ3) is 4.13. The maximum Gasteiger partial charge on any atom is 0.321 e. The van der Waals surface area contributed by atoms with Crippen molar-refractivity contribution in [3.63, 3.8) is 0 Å². The predicted octanol–water partition coefficient (Wildman–Crippen LogP) is 4.22. The van der Waals surface area contributed by atoms with Gasteiger partial charge in [-0.15, -0.1) is 0 Å². The number of carbonyl (C=O) groups excluding carboxylic acids is 1. The Bertz CT molecular complexity index is 731. The van der Waals surface area contributed by atoms with Crippen LogP contribution in [0.15, 0.2) is 42.5 Å². The van der Waals surface area contributed by atoms with E-state index in [0.29, 0.717) is 0 Å². The van der Waals surface area contributed by atoms with E-state index in [4.69, 9.17) is 0 Å². The van der Waals surface area contributed by atoms with Crippen molar-refractivity contribution in [2.75, 3.05) is 36.4 Å². The molecule has 25 heavy (non-hydrogen) atoms. The number of urea groups is 1. The van der Waals surface area contributed by atoms with E-state index in [1.54, 1.807) is 0 Å². The van der Waals surface area contributed by atoms with Crippen LogP contribution >= 0.6 is 0 Å². The van der Waals surface area contributed by atoms with Gasteiger partial charge in [-0.3, -0.25) is 0 Å². The van der Waals surface area contributed by atoms with Crippen LogP contribution in [-0.2, 0) is 6.42 Å². The molecule has 2 aromatic rings. The Balaban J connectivity index is 1.55. The van der Waals surface area contributed by atoms with E-state index >= 15 is 0 Å². The highest BCUT2D eigenvalue weighted by molar-refractivity contribution is 5.89. The van der Waals surface area contributed by atoms with Gasteiger partial charge in [-0.2, -0.15) is 0 Å². The summed E-state index contributed by atoms with van der Waals surface area (Å²) in [6.07, 6.45) is 1.01. The number of carbonyl (C=O) groups is 1. The number of aryl methyl sites for hydroxylation is 3. The zero-order valence-electron chi connectivity index (χ0n) is 15.4. The summed E-state index contributed by atoms with van der Waals surface area (Å²) < 4.78 is 0. The number of amides is 2. The fourth-order valence-electron chi connectivity index (χ4n) is 3.12. The van der Waals surface area contributed by atoms with Crippen LogP contribution in [0.4, 0.5) is 16.2 Å². The summed E-state index contributed by atoms with van der Waals surface area (Å²) in [5, 5.41) is 3.00. The van der Waals surface area contributed by atoms with Crippen molar-refractivity contribution < 1.29 is 4.79 Å². The summed E-state index contributed by atoms with van der Waals surface area (Å²) in [6.45, 7) is 9.62. The molecule has 1 aliphatic rings. The first-order valence-electron chi connectivity index (χ1n) is 9.04. The van der Waals surface area contributed by atoms with Crippen LogP contribution < -0.4 is 10.2 Å². The molecule has 3 rings (SSSR count). The van der Waals surface area contributed by atoms with Gasteiger partial charge in [0.05, 0.1) is 0 Å². The number of benzene rings is 2. The first-order chi connectivity index (χ1) is 12.1. The molecule has 1 saturated heterocycles. The highest BCUT2D eigenvalue weighted by Gasteiger charge is 2.21. The molecule has 1 aliphatic heterocycles. The van der Waals surface area contributed by atoms with Crippen LogP contribution in [0.3, 0.4) is 0 Å². The zero-order valence-corrected chi connectivity index (χ0v) is 15.4. The largest absolute Gasteiger partial charge is 0.368 e. The van der Waals surface area contributed by atoms with Gasteiger partial charge in [-0.05, 0) is 61.2 Å². The molecule has 0 radical (unpaired) electrons. The fraction of sp³-hybridized carbons (Fsp3) is 0.381. The lowest BCUT2D eigenvalue weighted by Crippen LogP contribution is -2.50. The van der Waals surface area contributed by atoms with Gasteiger partial charge in [0, 0.05) is 37.6 Å². The van der Waals surface area contributed by atoms with E-state index in [-0.39, 0.29) is 6.03 Å². The third-order valence-electron chi connectivity index (χ3n) is 5.04. The number of hydrogen-bond acceptors (Lipinski definition) is 2.